The highest BCUT2D eigenvalue weighted by Gasteiger charge is 2.22. The highest BCUT2D eigenvalue weighted by atomic mass is 16.3. The number of nitrogens with two attached hydrogens (primary N) is 1. The molecule has 0 unspecified atom stereocenters. The van der Waals surface area contributed by atoms with Crippen molar-refractivity contribution < 1.29 is 10.2 Å². The zero-order valence-corrected chi connectivity index (χ0v) is 7.94. The average molecular weight is 198 g/mol. The van der Waals surface area contributed by atoms with Gasteiger partial charge in [-0.15, -0.1) is 0 Å². The molecule has 1 aromatic rings. The van der Waals surface area contributed by atoms with Crippen molar-refractivity contribution in [2.24, 2.45) is 0 Å². The first-order valence-electron chi connectivity index (χ1n) is 4.18. The molecule has 1 rings (SSSR count). The van der Waals surface area contributed by atoms with Crippen LogP contribution in [0.25, 0.3) is 0 Å². The van der Waals surface area contributed by atoms with Crippen LogP contribution in [-0.2, 0) is 0 Å². The molecule has 78 valence electrons. The third-order valence-electron chi connectivity index (χ3n) is 1.79. The van der Waals surface area contributed by atoms with Crippen molar-refractivity contribution in [1.82, 2.24) is 9.97 Å². The Morgan fingerprint density at radius 3 is 2.64 bits per heavy atom. The van der Waals surface area contributed by atoms with Gasteiger partial charge in [-0.1, -0.05) is 0 Å². The number of rotatable bonds is 4. The third-order valence-corrected chi connectivity index (χ3v) is 1.79. The van der Waals surface area contributed by atoms with E-state index in [4.69, 9.17) is 15.9 Å². The topological polar surface area (TPSA) is 104 Å². The first-order valence-corrected chi connectivity index (χ1v) is 4.18. The van der Waals surface area contributed by atoms with Gasteiger partial charge in [0.1, 0.15) is 5.82 Å². The Morgan fingerprint density at radius 2 is 2.14 bits per heavy atom. The van der Waals surface area contributed by atoms with Crippen LogP contribution in [-0.4, -0.2) is 38.9 Å². The van der Waals surface area contributed by atoms with E-state index < -0.39 is 5.54 Å². The standard InChI is InChI=1S/C8H14N4O2/c1-8(4-13,5-14)12-7-10-3-2-6(9)11-7/h2-3,13-14H,4-5H2,1H3,(H3,9,10,11,12). The van der Waals surface area contributed by atoms with E-state index >= 15 is 0 Å². The number of hydrogen-bond acceptors (Lipinski definition) is 6. The number of nitrogens with one attached hydrogen (secondary N) is 1. The van der Waals surface area contributed by atoms with Crippen LogP contribution in [0.15, 0.2) is 12.3 Å². The Hall–Kier alpha value is -1.40. The van der Waals surface area contributed by atoms with Crippen molar-refractivity contribution in [2.45, 2.75) is 12.5 Å². The van der Waals surface area contributed by atoms with Gasteiger partial charge in [0.05, 0.1) is 18.8 Å². The molecule has 0 fully saturated rings. The number of anilines is 2. The molecule has 0 bridgehead atoms. The Kier molecular flexibility index (Phi) is 3.21. The van der Waals surface area contributed by atoms with Gasteiger partial charge >= 0.3 is 0 Å². The molecular weight excluding hydrogens is 184 g/mol. The van der Waals surface area contributed by atoms with Gasteiger partial charge in [0, 0.05) is 6.20 Å². The summed E-state index contributed by atoms with van der Waals surface area (Å²) in [7, 11) is 0. The van der Waals surface area contributed by atoms with Gasteiger partial charge in [-0.05, 0) is 13.0 Å². The summed E-state index contributed by atoms with van der Waals surface area (Å²) in [6, 6.07) is 1.56. The minimum Gasteiger partial charge on any atom is -0.394 e. The second-order valence-electron chi connectivity index (χ2n) is 3.31. The largest absolute Gasteiger partial charge is 0.394 e. The van der Waals surface area contributed by atoms with E-state index in [0.29, 0.717) is 5.82 Å². The number of nitrogen functional groups attached to an aromatic ring is 1. The molecule has 1 heterocycles. The fraction of sp³-hybridized carbons (Fsp3) is 0.500. The molecule has 0 spiro atoms. The van der Waals surface area contributed by atoms with Crippen LogP contribution in [0.1, 0.15) is 6.92 Å². The molecule has 0 aliphatic rings. The predicted molar refractivity (Wildman–Crippen MR) is 52.6 cm³/mol. The molecule has 0 amide bonds. The molecule has 0 saturated heterocycles. The highest BCUT2D eigenvalue weighted by Crippen LogP contribution is 2.10. The number of nitrogens with zero attached hydrogens (tertiary/aromatic N) is 2. The van der Waals surface area contributed by atoms with Crippen molar-refractivity contribution in [3.63, 3.8) is 0 Å². The second kappa shape index (κ2) is 4.21. The lowest BCUT2D eigenvalue weighted by atomic mass is 10.1. The van der Waals surface area contributed by atoms with Crippen molar-refractivity contribution in [1.29, 1.82) is 0 Å². The summed E-state index contributed by atoms with van der Waals surface area (Å²) in [5.74, 6) is 0.622. The first-order chi connectivity index (χ1) is 6.59. The normalized spacial score (nSPS) is 11.4. The maximum absolute atomic E-state index is 9.01. The zero-order chi connectivity index (χ0) is 10.6. The summed E-state index contributed by atoms with van der Waals surface area (Å²) in [6.45, 7) is 1.21. The van der Waals surface area contributed by atoms with E-state index in [9.17, 15) is 0 Å². The molecule has 0 atom stereocenters. The maximum Gasteiger partial charge on any atom is 0.225 e. The molecule has 14 heavy (non-hydrogen) atoms. The lowest BCUT2D eigenvalue weighted by Gasteiger charge is -2.25. The number of aliphatic hydroxyl groups is 2. The van der Waals surface area contributed by atoms with Crippen LogP contribution >= 0.6 is 0 Å². The molecule has 5 N–H and O–H groups in total. The molecule has 0 saturated carbocycles. The molecule has 0 radical (unpaired) electrons. The monoisotopic (exact) mass is 198 g/mol. The van der Waals surface area contributed by atoms with Crippen molar-refractivity contribution in [2.75, 3.05) is 24.3 Å². The van der Waals surface area contributed by atoms with Gasteiger partial charge in [0.2, 0.25) is 5.95 Å². The Morgan fingerprint density at radius 1 is 1.50 bits per heavy atom. The van der Waals surface area contributed by atoms with Crippen LogP contribution in [0.5, 0.6) is 0 Å². The lowest BCUT2D eigenvalue weighted by molar-refractivity contribution is 0.147. The predicted octanol–water partition coefficient (Wildman–Crippen LogP) is -0.786. The molecule has 0 aromatic carbocycles. The van der Waals surface area contributed by atoms with Crippen molar-refractivity contribution in [3.05, 3.63) is 12.3 Å². The van der Waals surface area contributed by atoms with Crippen LogP contribution in [0, 0.1) is 0 Å². The lowest BCUT2D eigenvalue weighted by Crippen LogP contribution is -2.43. The van der Waals surface area contributed by atoms with Gasteiger partial charge < -0.3 is 21.3 Å². The minimum atomic E-state index is -0.839. The van der Waals surface area contributed by atoms with Gasteiger partial charge in [0.15, 0.2) is 0 Å². The van der Waals surface area contributed by atoms with E-state index in [1.54, 1.807) is 13.0 Å². The molecule has 6 heteroatoms. The van der Waals surface area contributed by atoms with Crippen LogP contribution in [0.4, 0.5) is 11.8 Å². The second-order valence-corrected chi connectivity index (χ2v) is 3.31. The summed E-state index contributed by atoms with van der Waals surface area (Å²) < 4.78 is 0. The fourth-order valence-corrected chi connectivity index (χ4v) is 0.832. The van der Waals surface area contributed by atoms with Crippen LogP contribution in [0.2, 0.25) is 0 Å². The quantitative estimate of drug-likeness (QED) is 0.505. The molecular formula is C8H14N4O2. The van der Waals surface area contributed by atoms with E-state index in [2.05, 4.69) is 15.3 Å². The Labute approximate surface area is 81.8 Å². The summed E-state index contributed by atoms with van der Waals surface area (Å²) in [5.41, 5.74) is 4.60. The number of aliphatic hydroxyl groups excluding tert-OH is 2. The smallest absolute Gasteiger partial charge is 0.225 e. The third kappa shape index (κ3) is 2.54. The first kappa shape index (κ1) is 10.7. The maximum atomic E-state index is 9.01. The van der Waals surface area contributed by atoms with Gasteiger partial charge in [0.25, 0.3) is 0 Å². The van der Waals surface area contributed by atoms with Crippen molar-refractivity contribution in [3.8, 4) is 0 Å². The SMILES string of the molecule is CC(CO)(CO)Nc1nccc(N)n1. The van der Waals surface area contributed by atoms with Crippen molar-refractivity contribution >= 4 is 11.8 Å². The molecule has 6 nitrogen and oxygen atoms in total. The van der Waals surface area contributed by atoms with Gasteiger partial charge in [-0.2, -0.15) is 4.98 Å². The summed E-state index contributed by atoms with van der Waals surface area (Å²) in [6.07, 6.45) is 1.50. The number of aromatic nitrogens is 2. The average Bonchev–Trinajstić information content (AvgIpc) is 2.18. The summed E-state index contributed by atoms with van der Waals surface area (Å²) in [4.78, 5) is 7.78. The van der Waals surface area contributed by atoms with E-state index in [1.165, 1.54) is 6.20 Å². The summed E-state index contributed by atoms with van der Waals surface area (Å²) >= 11 is 0. The van der Waals surface area contributed by atoms with E-state index in [1.807, 2.05) is 0 Å². The van der Waals surface area contributed by atoms with Crippen LogP contribution in [0.3, 0.4) is 0 Å². The number of hydrogen-bond donors (Lipinski definition) is 4. The van der Waals surface area contributed by atoms with E-state index in [0.717, 1.165) is 0 Å². The minimum absolute atomic E-state index is 0.221. The summed E-state index contributed by atoms with van der Waals surface area (Å²) in [5, 5.41) is 20.8. The molecule has 0 aliphatic carbocycles. The fourth-order valence-electron chi connectivity index (χ4n) is 0.832. The van der Waals surface area contributed by atoms with Gasteiger partial charge in [-0.3, -0.25) is 0 Å². The van der Waals surface area contributed by atoms with E-state index in [-0.39, 0.29) is 19.2 Å². The Balaban J connectivity index is 2.77. The highest BCUT2D eigenvalue weighted by molar-refractivity contribution is 5.37. The molecule has 0 aliphatic heterocycles. The Bertz CT molecular complexity index is 301. The molecule has 1 aromatic heterocycles. The van der Waals surface area contributed by atoms with Crippen LogP contribution < -0.4 is 11.1 Å². The van der Waals surface area contributed by atoms with Gasteiger partial charge in [-0.25, -0.2) is 4.98 Å². The zero-order valence-electron chi connectivity index (χ0n) is 7.94.